The van der Waals surface area contributed by atoms with Crippen molar-refractivity contribution in [3.05, 3.63) is 72.1 Å². The van der Waals surface area contributed by atoms with Crippen LogP contribution in [0.3, 0.4) is 0 Å². The maximum absolute atomic E-state index is 12.4. The number of hydrogen-bond donors (Lipinski definition) is 1. The summed E-state index contributed by atoms with van der Waals surface area (Å²) in [6, 6.07) is 15.7. The number of fused-ring (bicyclic) bond motifs is 3. The lowest BCUT2D eigenvalue weighted by atomic mass is 10.0. The first-order chi connectivity index (χ1) is 12.7. The van der Waals surface area contributed by atoms with Crippen LogP contribution in [0.15, 0.2) is 65.4 Å². The van der Waals surface area contributed by atoms with Crippen LogP contribution in [0.1, 0.15) is 11.1 Å². The maximum Gasteiger partial charge on any atom is 0.224 e. The van der Waals surface area contributed by atoms with Gasteiger partial charge in [0.15, 0.2) is 0 Å². The highest BCUT2D eigenvalue weighted by Crippen LogP contribution is 2.30. The standard InChI is InChI=1S/C21H18N2O3/c1-25-20-10-14(8-9-22-20)12-23-19(24)11-16-13-26-18-7-6-15-4-2-3-5-17(15)21(16)18/h2-10,13H,11-12H2,1H3,(H,23,24). The van der Waals surface area contributed by atoms with Gasteiger partial charge in [-0.15, -0.1) is 0 Å². The number of rotatable bonds is 5. The van der Waals surface area contributed by atoms with Crippen LogP contribution < -0.4 is 10.1 Å². The van der Waals surface area contributed by atoms with Gasteiger partial charge in [0.1, 0.15) is 5.58 Å². The Labute approximate surface area is 150 Å². The largest absolute Gasteiger partial charge is 0.481 e. The second kappa shape index (κ2) is 6.88. The zero-order valence-electron chi connectivity index (χ0n) is 14.4. The third kappa shape index (κ3) is 3.11. The van der Waals surface area contributed by atoms with Crippen LogP contribution in [0.4, 0.5) is 0 Å². The summed E-state index contributed by atoms with van der Waals surface area (Å²) >= 11 is 0. The summed E-state index contributed by atoms with van der Waals surface area (Å²) in [5, 5.41) is 6.17. The fourth-order valence-corrected chi connectivity index (χ4v) is 3.11. The molecule has 0 saturated heterocycles. The smallest absolute Gasteiger partial charge is 0.224 e. The number of carbonyl (C=O) groups is 1. The number of amides is 1. The molecule has 2 aromatic heterocycles. The number of furan rings is 1. The molecule has 130 valence electrons. The predicted octanol–water partition coefficient (Wildman–Crippen LogP) is 3.85. The van der Waals surface area contributed by atoms with Crippen LogP contribution in [0.2, 0.25) is 0 Å². The van der Waals surface area contributed by atoms with E-state index in [9.17, 15) is 4.79 Å². The van der Waals surface area contributed by atoms with Gasteiger partial charge in [-0.1, -0.05) is 30.3 Å². The molecule has 0 unspecified atom stereocenters. The van der Waals surface area contributed by atoms with Crippen molar-refractivity contribution in [2.24, 2.45) is 0 Å². The molecular formula is C21H18N2O3. The lowest BCUT2D eigenvalue weighted by Crippen LogP contribution is -2.24. The van der Waals surface area contributed by atoms with Gasteiger partial charge in [-0.25, -0.2) is 4.98 Å². The number of ether oxygens (including phenoxy) is 1. The highest BCUT2D eigenvalue weighted by molar-refractivity contribution is 6.08. The van der Waals surface area contributed by atoms with Crippen LogP contribution in [0, 0.1) is 0 Å². The molecule has 2 heterocycles. The van der Waals surface area contributed by atoms with Gasteiger partial charge in [0.25, 0.3) is 0 Å². The number of carbonyl (C=O) groups excluding carboxylic acids is 1. The second-order valence-electron chi connectivity index (χ2n) is 6.08. The molecule has 26 heavy (non-hydrogen) atoms. The zero-order valence-corrected chi connectivity index (χ0v) is 14.4. The van der Waals surface area contributed by atoms with Crippen LogP contribution in [-0.2, 0) is 17.8 Å². The molecule has 5 nitrogen and oxygen atoms in total. The number of nitrogens with zero attached hydrogens (tertiary/aromatic N) is 1. The van der Waals surface area contributed by atoms with Crippen molar-refractivity contribution in [1.82, 2.24) is 10.3 Å². The molecule has 0 aliphatic heterocycles. The van der Waals surface area contributed by atoms with Crippen molar-refractivity contribution in [3.63, 3.8) is 0 Å². The van der Waals surface area contributed by atoms with Gasteiger partial charge in [-0.2, -0.15) is 0 Å². The Hall–Kier alpha value is -3.34. The minimum atomic E-state index is -0.0589. The van der Waals surface area contributed by atoms with E-state index in [4.69, 9.17) is 9.15 Å². The van der Waals surface area contributed by atoms with E-state index < -0.39 is 0 Å². The number of hydrogen-bond acceptors (Lipinski definition) is 4. The zero-order chi connectivity index (χ0) is 17.9. The number of benzene rings is 2. The van der Waals surface area contributed by atoms with Crippen molar-refractivity contribution >= 4 is 27.6 Å². The first-order valence-electron chi connectivity index (χ1n) is 8.38. The minimum absolute atomic E-state index is 0.0589. The third-order valence-corrected chi connectivity index (χ3v) is 4.39. The predicted molar refractivity (Wildman–Crippen MR) is 100 cm³/mol. The highest BCUT2D eigenvalue weighted by Gasteiger charge is 2.13. The topological polar surface area (TPSA) is 64.4 Å². The van der Waals surface area contributed by atoms with Crippen molar-refractivity contribution in [3.8, 4) is 5.88 Å². The first-order valence-corrected chi connectivity index (χ1v) is 8.38. The quantitative estimate of drug-likeness (QED) is 0.596. The van der Waals surface area contributed by atoms with Gasteiger partial charge in [-0.05, 0) is 28.5 Å². The summed E-state index contributed by atoms with van der Waals surface area (Å²) in [5.41, 5.74) is 2.62. The monoisotopic (exact) mass is 346 g/mol. The molecule has 1 amide bonds. The summed E-state index contributed by atoms with van der Waals surface area (Å²) in [4.78, 5) is 16.5. The molecule has 0 aliphatic rings. The van der Waals surface area contributed by atoms with Crippen molar-refractivity contribution in [2.45, 2.75) is 13.0 Å². The SMILES string of the molecule is COc1cc(CNC(=O)Cc2coc3ccc4ccccc4c23)ccn1. The Morgan fingerprint density at radius 1 is 1.19 bits per heavy atom. The van der Waals surface area contributed by atoms with Gasteiger partial charge < -0.3 is 14.5 Å². The van der Waals surface area contributed by atoms with Gasteiger partial charge in [-0.3, -0.25) is 4.79 Å². The average Bonchev–Trinajstić information content (AvgIpc) is 3.10. The summed E-state index contributed by atoms with van der Waals surface area (Å²) in [5.74, 6) is 0.473. The van der Waals surface area contributed by atoms with Crippen LogP contribution in [0.5, 0.6) is 5.88 Å². The second-order valence-corrected chi connectivity index (χ2v) is 6.08. The Balaban J connectivity index is 1.53. The van der Waals surface area contributed by atoms with Gasteiger partial charge >= 0.3 is 0 Å². The third-order valence-electron chi connectivity index (χ3n) is 4.39. The molecule has 4 aromatic rings. The molecule has 0 bridgehead atoms. The summed E-state index contributed by atoms with van der Waals surface area (Å²) < 4.78 is 10.7. The summed E-state index contributed by atoms with van der Waals surface area (Å²) in [6.45, 7) is 0.425. The lowest BCUT2D eigenvalue weighted by molar-refractivity contribution is -0.120. The average molecular weight is 346 g/mol. The first kappa shape index (κ1) is 16.1. The van der Waals surface area contributed by atoms with E-state index in [1.165, 1.54) is 0 Å². The fraction of sp³-hybridized carbons (Fsp3) is 0.143. The highest BCUT2D eigenvalue weighted by atomic mass is 16.5. The minimum Gasteiger partial charge on any atom is -0.481 e. The van der Waals surface area contributed by atoms with E-state index in [2.05, 4.69) is 22.4 Å². The molecule has 0 aliphatic carbocycles. The summed E-state index contributed by atoms with van der Waals surface area (Å²) in [6.07, 6.45) is 3.60. The van der Waals surface area contributed by atoms with Gasteiger partial charge in [0.2, 0.25) is 11.8 Å². The molecule has 5 heteroatoms. The van der Waals surface area contributed by atoms with E-state index in [1.54, 1.807) is 25.6 Å². The van der Waals surface area contributed by atoms with E-state index in [0.29, 0.717) is 12.4 Å². The Morgan fingerprint density at radius 2 is 2.08 bits per heavy atom. The lowest BCUT2D eigenvalue weighted by Gasteiger charge is -2.06. The molecule has 0 saturated carbocycles. The molecule has 0 atom stereocenters. The molecule has 4 rings (SSSR count). The summed E-state index contributed by atoms with van der Waals surface area (Å²) in [7, 11) is 1.57. The normalized spacial score (nSPS) is 11.0. The van der Waals surface area contributed by atoms with E-state index >= 15 is 0 Å². The molecule has 1 N–H and O–H groups in total. The number of pyridine rings is 1. The van der Waals surface area contributed by atoms with Crippen LogP contribution >= 0.6 is 0 Å². The van der Waals surface area contributed by atoms with Crippen molar-refractivity contribution in [2.75, 3.05) is 7.11 Å². The Bertz CT molecular complexity index is 1080. The molecule has 0 spiro atoms. The van der Waals surface area contributed by atoms with E-state index in [0.717, 1.165) is 32.9 Å². The van der Waals surface area contributed by atoms with Gasteiger partial charge in [0, 0.05) is 29.8 Å². The van der Waals surface area contributed by atoms with Crippen LogP contribution in [-0.4, -0.2) is 18.0 Å². The van der Waals surface area contributed by atoms with Gasteiger partial charge in [0.05, 0.1) is 19.8 Å². The van der Waals surface area contributed by atoms with Crippen LogP contribution in [0.25, 0.3) is 21.7 Å². The fourth-order valence-electron chi connectivity index (χ4n) is 3.11. The van der Waals surface area contributed by atoms with Crippen molar-refractivity contribution in [1.29, 1.82) is 0 Å². The molecular weight excluding hydrogens is 328 g/mol. The Morgan fingerprint density at radius 3 is 2.96 bits per heavy atom. The number of nitrogens with one attached hydrogen (secondary N) is 1. The molecule has 2 aromatic carbocycles. The van der Waals surface area contributed by atoms with E-state index in [1.807, 2.05) is 30.3 Å². The van der Waals surface area contributed by atoms with E-state index in [-0.39, 0.29) is 12.3 Å². The molecule has 0 radical (unpaired) electrons. The Kier molecular flexibility index (Phi) is 4.27. The maximum atomic E-state index is 12.4. The van der Waals surface area contributed by atoms with Crippen molar-refractivity contribution < 1.29 is 13.9 Å². The number of methoxy groups -OCH3 is 1. The number of aromatic nitrogens is 1. The molecule has 0 fully saturated rings.